The molecular formula is C21H22ClFN2O5S. The van der Waals surface area contributed by atoms with Crippen molar-refractivity contribution in [2.24, 2.45) is 5.92 Å². The molecule has 1 fully saturated rings. The van der Waals surface area contributed by atoms with Gasteiger partial charge in [0.2, 0.25) is 15.9 Å². The molecule has 0 radical (unpaired) electrons. The SMILES string of the molecule is CCOC(=O)c1cc(NC(=O)[C@H]2CCCN(S(=O)(=O)c3ccc(F)cc3)C2)ccc1Cl. The summed E-state index contributed by atoms with van der Waals surface area (Å²) in [5, 5.41) is 2.92. The second-order valence-corrected chi connectivity index (χ2v) is 9.41. The van der Waals surface area contributed by atoms with E-state index < -0.39 is 27.7 Å². The zero-order valence-electron chi connectivity index (χ0n) is 16.8. The number of rotatable bonds is 6. The summed E-state index contributed by atoms with van der Waals surface area (Å²) in [6.07, 6.45) is 1.02. The van der Waals surface area contributed by atoms with Crippen LogP contribution < -0.4 is 5.32 Å². The van der Waals surface area contributed by atoms with Crippen molar-refractivity contribution in [3.05, 3.63) is 58.9 Å². The fraction of sp³-hybridized carbons (Fsp3) is 0.333. The van der Waals surface area contributed by atoms with E-state index in [1.165, 1.54) is 28.6 Å². The first kappa shape index (κ1) is 23.2. The van der Waals surface area contributed by atoms with Gasteiger partial charge in [-0.15, -0.1) is 0 Å². The average Bonchev–Trinajstić information content (AvgIpc) is 2.75. The van der Waals surface area contributed by atoms with Crippen molar-refractivity contribution in [2.75, 3.05) is 25.0 Å². The van der Waals surface area contributed by atoms with Crippen LogP contribution in [0.15, 0.2) is 47.4 Å². The summed E-state index contributed by atoms with van der Waals surface area (Å²) in [7, 11) is -3.84. The average molecular weight is 469 g/mol. The van der Waals surface area contributed by atoms with E-state index in [-0.39, 0.29) is 41.1 Å². The third-order valence-corrected chi connectivity index (χ3v) is 7.14. The molecule has 31 heavy (non-hydrogen) atoms. The summed E-state index contributed by atoms with van der Waals surface area (Å²) < 4.78 is 45.0. The molecule has 10 heteroatoms. The third kappa shape index (κ3) is 5.41. The Balaban J connectivity index is 1.72. The molecule has 0 spiro atoms. The summed E-state index contributed by atoms with van der Waals surface area (Å²) in [4.78, 5) is 24.8. The number of piperidine rings is 1. The number of anilines is 1. The van der Waals surface area contributed by atoms with E-state index in [2.05, 4.69) is 5.32 Å². The zero-order valence-corrected chi connectivity index (χ0v) is 18.4. The number of sulfonamides is 1. The summed E-state index contributed by atoms with van der Waals surface area (Å²) in [5.74, 6) is -2.07. The molecule has 1 aliphatic heterocycles. The van der Waals surface area contributed by atoms with Gasteiger partial charge in [-0.05, 0) is 62.2 Å². The standard InChI is InChI=1S/C21H22ClFN2O5S/c1-2-30-21(27)18-12-16(7-10-19(18)22)24-20(26)14-4-3-11-25(13-14)31(28,29)17-8-5-15(23)6-9-17/h5-10,12,14H,2-4,11,13H2,1H3,(H,24,26)/t14-/m0/s1. The Morgan fingerprint density at radius 1 is 1.23 bits per heavy atom. The monoisotopic (exact) mass is 468 g/mol. The number of esters is 1. The highest BCUT2D eigenvalue weighted by molar-refractivity contribution is 7.89. The molecule has 1 atom stereocenters. The van der Waals surface area contributed by atoms with Crippen LogP contribution in [0.5, 0.6) is 0 Å². The van der Waals surface area contributed by atoms with E-state index in [0.717, 1.165) is 12.1 Å². The molecule has 0 bridgehead atoms. The van der Waals surface area contributed by atoms with Crippen LogP contribution in [-0.4, -0.2) is 44.3 Å². The minimum Gasteiger partial charge on any atom is -0.462 e. The normalized spacial score (nSPS) is 17.2. The van der Waals surface area contributed by atoms with Gasteiger partial charge in [0.25, 0.3) is 0 Å². The Morgan fingerprint density at radius 2 is 1.94 bits per heavy atom. The number of hydrogen-bond acceptors (Lipinski definition) is 5. The minimum absolute atomic E-state index is 0.00384. The van der Waals surface area contributed by atoms with E-state index in [9.17, 15) is 22.4 Å². The molecule has 1 saturated heterocycles. The van der Waals surface area contributed by atoms with Crippen molar-refractivity contribution >= 4 is 39.2 Å². The number of ether oxygens (including phenoxy) is 1. The molecule has 2 aromatic carbocycles. The van der Waals surface area contributed by atoms with Crippen LogP contribution >= 0.6 is 11.6 Å². The lowest BCUT2D eigenvalue weighted by Crippen LogP contribution is -2.43. The van der Waals surface area contributed by atoms with Gasteiger partial charge in [-0.2, -0.15) is 4.31 Å². The number of nitrogens with zero attached hydrogens (tertiary/aromatic N) is 1. The van der Waals surface area contributed by atoms with Crippen molar-refractivity contribution in [3.63, 3.8) is 0 Å². The molecule has 0 aromatic heterocycles. The van der Waals surface area contributed by atoms with Gasteiger partial charge in [-0.3, -0.25) is 4.79 Å². The van der Waals surface area contributed by atoms with Crippen molar-refractivity contribution < 1.29 is 27.1 Å². The lowest BCUT2D eigenvalue weighted by Gasteiger charge is -2.31. The fourth-order valence-electron chi connectivity index (χ4n) is 3.34. The van der Waals surface area contributed by atoms with Crippen molar-refractivity contribution in [2.45, 2.75) is 24.7 Å². The number of hydrogen-bond donors (Lipinski definition) is 1. The zero-order chi connectivity index (χ0) is 22.6. The van der Waals surface area contributed by atoms with E-state index in [1.54, 1.807) is 13.0 Å². The summed E-state index contributed by atoms with van der Waals surface area (Å²) >= 11 is 6.04. The van der Waals surface area contributed by atoms with E-state index >= 15 is 0 Å². The predicted octanol–water partition coefficient (Wildman–Crippen LogP) is 3.70. The lowest BCUT2D eigenvalue weighted by molar-refractivity contribution is -0.120. The van der Waals surface area contributed by atoms with Gasteiger partial charge in [0, 0.05) is 18.8 Å². The van der Waals surface area contributed by atoms with Crippen LogP contribution in [-0.2, 0) is 19.6 Å². The van der Waals surface area contributed by atoms with Gasteiger partial charge >= 0.3 is 5.97 Å². The van der Waals surface area contributed by atoms with Crippen molar-refractivity contribution in [1.29, 1.82) is 0 Å². The molecule has 1 heterocycles. The van der Waals surface area contributed by atoms with Crippen LogP contribution in [0.2, 0.25) is 5.02 Å². The molecule has 166 valence electrons. The molecular weight excluding hydrogens is 447 g/mol. The van der Waals surface area contributed by atoms with E-state index in [0.29, 0.717) is 18.5 Å². The predicted molar refractivity (Wildman–Crippen MR) is 114 cm³/mol. The van der Waals surface area contributed by atoms with Crippen molar-refractivity contribution in [1.82, 2.24) is 4.31 Å². The second-order valence-electron chi connectivity index (χ2n) is 7.06. The number of carbonyl (C=O) groups is 2. The molecule has 7 nitrogen and oxygen atoms in total. The summed E-state index contributed by atoms with van der Waals surface area (Å²) in [5.41, 5.74) is 0.487. The Bertz CT molecular complexity index is 1080. The smallest absolute Gasteiger partial charge is 0.339 e. The van der Waals surface area contributed by atoms with E-state index in [1.807, 2.05) is 0 Å². The summed E-state index contributed by atoms with van der Waals surface area (Å²) in [6.45, 7) is 2.14. The lowest BCUT2D eigenvalue weighted by atomic mass is 9.98. The maximum atomic E-state index is 13.1. The largest absolute Gasteiger partial charge is 0.462 e. The first-order chi connectivity index (χ1) is 14.7. The highest BCUT2D eigenvalue weighted by Gasteiger charge is 2.33. The number of halogens is 2. The number of benzene rings is 2. The molecule has 1 N–H and O–H groups in total. The Labute approximate surface area is 185 Å². The van der Waals surface area contributed by atoms with Gasteiger partial charge in [-0.1, -0.05) is 11.6 Å². The number of nitrogens with one attached hydrogen (secondary N) is 1. The van der Waals surface area contributed by atoms with Gasteiger partial charge in [0.15, 0.2) is 0 Å². The highest BCUT2D eigenvalue weighted by Crippen LogP contribution is 2.26. The summed E-state index contributed by atoms with van der Waals surface area (Å²) in [6, 6.07) is 9.05. The minimum atomic E-state index is -3.84. The fourth-order valence-corrected chi connectivity index (χ4v) is 5.06. The van der Waals surface area contributed by atoms with Crippen molar-refractivity contribution in [3.8, 4) is 0 Å². The molecule has 0 unspecified atom stereocenters. The van der Waals surface area contributed by atoms with Gasteiger partial charge in [0.1, 0.15) is 5.82 Å². The van der Waals surface area contributed by atoms with Gasteiger partial charge in [-0.25, -0.2) is 17.6 Å². The van der Waals surface area contributed by atoms with Crippen LogP contribution in [0.4, 0.5) is 10.1 Å². The van der Waals surface area contributed by atoms with E-state index in [4.69, 9.17) is 16.3 Å². The molecule has 2 aromatic rings. The number of amides is 1. The topological polar surface area (TPSA) is 92.8 Å². The van der Waals surface area contributed by atoms with Crippen LogP contribution in [0.25, 0.3) is 0 Å². The molecule has 1 amide bonds. The molecule has 3 rings (SSSR count). The first-order valence-corrected chi connectivity index (χ1v) is 11.6. The maximum Gasteiger partial charge on any atom is 0.339 e. The molecule has 0 saturated carbocycles. The second kappa shape index (κ2) is 9.76. The first-order valence-electron chi connectivity index (χ1n) is 9.75. The van der Waals surface area contributed by atoms with Gasteiger partial charge in [0.05, 0.1) is 28.0 Å². The molecule has 1 aliphatic rings. The Kier molecular flexibility index (Phi) is 7.30. The Hall–Kier alpha value is -2.49. The van der Waals surface area contributed by atoms with Crippen LogP contribution in [0.1, 0.15) is 30.1 Å². The maximum absolute atomic E-state index is 13.1. The molecule has 0 aliphatic carbocycles. The highest BCUT2D eigenvalue weighted by atomic mass is 35.5. The van der Waals surface area contributed by atoms with Crippen LogP contribution in [0, 0.1) is 11.7 Å². The quantitative estimate of drug-likeness (QED) is 0.652. The third-order valence-electron chi connectivity index (χ3n) is 4.94. The number of carbonyl (C=O) groups excluding carboxylic acids is 2. The Morgan fingerprint density at radius 3 is 2.61 bits per heavy atom. The van der Waals surface area contributed by atoms with Gasteiger partial charge < -0.3 is 10.1 Å². The van der Waals surface area contributed by atoms with Crippen LogP contribution in [0.3, 0.4) is 0 Å².